The highest BCUT2D eigenvalue weighted by Gasteiger charge is 2.29. The molecule has 0 N–H and O–H groups in total. The van der Waals surface area contributed by atoms with Gasteiger partial charge >= 0.3 is 5.56 Å². The van der Waals surface area contributed by atoms with Crippen molar-refractivity contribution in [2.24, 2.45) is 0 Å². The van der Waals surface area contributed by atoms with Gasteiger partial charge in [-0.2, -0.15) is 14.1 Å². The first-order chi connectivity index (χ1) is 19.4. The minimum absolute atomic E-state index is 0.0572. The predicted octanol–water partition coefficient (Wildman–Crippen LogP) is 4.13. The zero-order valence-corrected chi connectivity index (χ0v) is 23.5. The van der Waals surface area contributed by atoms with Crippen LogP contribution >= 0.6 is 11.6 Å². The average molecular weight is 581 g/mol. The Bertz CT molecular complexity index is 1640. The molecular formula is C29H29ClN4O5S. The molecule has 2 heterocycles. The molecule has 208 valence electrons. The monoisotopic (exact) mass is 580 g/mol. The van der Waals surface area contributed by atoms with Gasteiger partial charge in [0.15, 0.2) is 0 Å². The smallest absolute Gasteiger partial charge is 0.316 e. The second-order valence-electron chi connectivity index (χ2n) is 9.28. The van der Waals surface area contributed by atoms with Gasteiger partial charge < -0.3 is 14.4 Å². The van der Waals surface area contributed by atoms with Crippen molar-refractivity contribution in [2.75, 3.05) is 38.2 Å². The van der Waals surface area contributed by atoms with E-state index in [0.717, 1.165) is 11.1 Å². The molecule has 4 aromatic rings. The van der Waals surface area contributed by atoms with E-state index in [1.54, 1.807) is 49.7 Å². The molecule has 1 aliphatic rings. The molecular weight excluding hydrogens is 552 g/mol. The number of aromatic nitrogens is 2. The molecule has 1 fully saturated rings. The molecule has 40 heavy (non-hydrogen) atoms. The molecule has 1 saturated heterocycles. The number of sulfonamides is 1. The van der Waals surface area contributed by atoms with Crippen molar-refractivity contribution in [1.29, 1.82) is 0 Å². The molecule has 0 bridgehead atoms. The van der Waals surface area contributed by atoms with Gasteiger partial charge in [-0.05, 0) is 29.8 Å². The summed E-state index contributed by atoms with van der Waals surface area (Å²) in [4.78, 5) is 15.6. The van der Waals surface area contributed by atoms with Crippen molar-refractivity contribution in [3.05, 3.63) is 112 Å². The van der Waals surface area contributed by atoms with Crippen LogP contribution in [0.1, 0.15) is 11.1 Å². The van der Waals surface area contributed by atoms with Crippen LogP contribution in [0.2, 0.25) is 5.02 Å². The van der Waals surface area contributed by atoms with Crippen LogP contribution in [0.25, 0.3) is 5.69 Å². The average Bonchev–Trinajstić information content (AvgIpc) is 2.97. The molecule has 0 saturated carbocycles. The predicted molar refractivity (Wildman–Crippen MR) is 155 cm³/mol. The minimum Gasteiger partial charge on any atom is -0.496 e. The summed E-state index contributed by atoms with van der Waals surface area (Å²) < 4.78 is 40.5. The lowest BCUT2D eigenvalue weighted by Gasteiger charge is -2.35. The van der Waals surface area contributed by atoms with Crippen molar-refractivity contribution in [3.63, 3.8) is 0 Å². The highest BCUT2D eigenvalue weighted by molar-refractivity contribution is 7.88. The lowest BCUT2D eigenvalue weighted by Crippen LogP contribution is -2.49. The van der Waals surface area contributed by atoms with E-state index in [0.29, 0.717) is 35.2 Å². The zero-order chi connectivity index (χ0) is 28.1. The maximum atomic E-state index is 13.7. The minimum atomic E-state index is -3.49. The SMILES string of the molecule is COc1ccccc1COc1c(N2CCN(S(=O)(=O)Cc3ccccc3)CC2)cnn(-c2cccc(Cl)c2)c1=O. The summed E-state index contributed by atoms with van der Waals surface area (Å²) >= 11 is 6.17. The number of benzene rings is 3. The Labute approximate surface area is 238 Å². The molecule has 3 aromatic carbocycles. The molecule has 1 aliphatic heterocycles. The quantitative estimate of drug-likeness (QED) is 0.294. The molecule has 0 aliphatic carbocycles. The Morgan fingerprint density at radius 1 is 0.925 bits per heavy atom. The van der Waals surface area contributed by atoms with Gasteiger partial charge in [0.2, 0.25) is 15.8 Å². The highest BCUT2D eigenvalue weighted by Crippen LogP contribution is 2.28. The second kappa shape index (κ2) is 12.1. The summed E-state index contributed by atoms with van der Waals surface area (Å²) in [5.74, 6) is 0.699. The fourth-order valence-corrected chi connectivity index (χ4v) is 6.34. The highest BCUT2D eigenvalue weighted by atomic mass is 35.5. The summed E-state index contributed by atoms with van der Waals surface area (Å²) in [7, 11) is -1.92. The Kier molecular flexibility index (Phi) is 8.39. The number of para-hydroxylation sites is 1. The molecule has 0 radical (unpaired) electrons. The summed E-state index contributed by atoms with van der Waals surface area (Å²) in [5.41, 5.74) is 2.07. The Balaban J connectivity index is 1.41. The van der Waals surface area contributed by atoms with Crippen molar-refractivity contribution >= 4 is 27.3 Å². The molecule has 11 heteroatoms. The number of rotatable bonds is 9. The van der Waals surface area contributed by atoms with Gasteiger partial charge in [-0.25, -0.2) is 8.42 Å². The molecule has 9 nitrogen and oxygen atoms in total. The van der Waals surface area contributed by atoms with E-state index in [1.165, 1.54) is 8.99 Å². The second-order valence-corrected chi connectivity index (χ2v) is 11.7. The van der Waals surface area contributed by atoms with Crippen LogP contribution in [0, 0.1) is 0 Å². The van der Waals surface area contributed by atoms with Crippen LogP contribution in [0.4, 0.5) is 5.69 Å². The van der Waals surface area contributed by atoms with Crippen LogP contribution < -0.4 is 19.9 Å². The first-order valence-corrected chi connectivity index (χ1v) is 14.7. The maximum absolute atomic E-state index is 13.7. The van der Waals surface area contributed by atoms with E-state index < -0.39 is 15.6 Å². The number of anilines is 1. The molecule has 5 rings (SSSR count). The van der Waals surface area contributed by atoms with Gasteiger partial charge in [-0.1, -0.05) is 66.2 Å². The Hall–Kier alpha value is -3.86. The van der Waals surface area contributed by atoms with Crippen LogP contribution in [0.15, 0.2) is 89.9 Å². The van der Waals surface area contributed by atoms with Crippen LogP contribution in [-0.2, 0) is 22.4 Å². The van der Waals surface area contributed by atoms with E-state index >= 15 is 0 Å². The topological polar surface area (TPSA) is 94.0 Å². The third kappa shape index (κ3) is 6.14. The standard InChI is InChI=1S/C29H29ClN4O5S/c1-38-27-13-6-5-10-23(27)20-39-28-26(19-31-34(29(28)35)25-12-7-11-24(30)18-25)32-14-16-33(17-15-32)40(36,37)21-22-8-3-2-4-9-22/h2-13,18-19H,14-17,20-21H2,1H3. The lowest BCUT2D eigenvalue weighted by atomic mass is 10.2. The van der Waals surface area contributed by atoms with Crippen LogP contribution in [0.3, 0.4) is 0 Å². The first-order valence-electron chi connectivity index (χ1n) is 12.8. The number of hydrogen-bond donors (Lipinski definition) is 0. The molecule has 0 atom stereocenters. The number of methoxy groups -OCH3 is 1. The van der Waals surface area contributed by atoms with E-state index in [-0.39, 0.29) is 31.2 Å². The normalized spacial score (nSPS) is 14.2. The van der Waals surface area contributed by atoms with Crippen molar-refractivity contribution in [2.45, 2.75) is 12.4 Å². The zero-order valence-electron chi connectivity index (χ0n) is 21.9. The first kappa shape index (κ1) is 27.7. The van der Waals surface area contributed by atoms with E-state index in [1.807, 2.05) is 47.4 Å². The Morgan fingerprint density at radius 2 is 1.65 bits per heavy atom. The largest absolute Gasteiger partial charge is 0.496 e. The fraction of sp³-hybridized carbons (Fsp3) is 0.241. The van der Waals surface area contributed by atoms with Crippen molar-refractivity contribution in [1.82, 2.24) is 14.1 Å². The van der Waals surface area contributed by atoms with E-state index in [4.69, 9.17) is 21.1 Å². The van der Waals surface area contributed by atoms with Gasteiger partial charge in [-0.3, -0.25) is 4.79 Å². The Morgan fingerprint density at radius 3 is 2.38 bits per heavy atom. The summed E-state index contributed by atoms with van der Waals surface area (Å²) in [6.07, 6.45) is 1.58. The number of halogens is 1. The lowest BCUT2D eigenvalue weighted by molar-refractivity contribution is 0.289. The van der Waals surface area contributed by atoms with Crippen LogP contribution in [-0.4, -0.2) is 55.8 Å². The van der Waals surface area contributed by atoms with Gasteiger partial charge in [0.25, 0.3) is 0 Å². The number of piperazine rings is 1. The maximum Gasteiger partial charge on any atom is 0.316 e. The number of ether oxygens (including phenoxy) is 2. The van der Waals surface area contributed by atoms with Crippen LogP contribution in [0.5, 0.6) is 11.5 Å². The molecule has 0 unspecified atom stereocenters. The van der Waals surface area contributed by atoms with E-state index in [2.05, 4.69) is 5.10 Å². The third-order valence-electron chi connectivity index (χ3n) is 6.70. The fourth-order valence-electron chi connectivity index (χ4n) is 4.64. The molecule has 1 aromatic heterocycles. The molecule has 0 amide bonds. The van der Waals surface area contributed by atoms with Gasteiger partial charge in [0.05, 0.1) is 24.7 Å². The summed E-state index contributed by atoms with van der Waals surface area (Å²) in [6, 6.07) is 23.4. The third-order valence-corrected chi connectivity index (χ3v) is 8.78. The van der Waals surface area contributed by atoms with Gasteiger partial charge in [0.1, 0.15) is 18.0 Å². The van der Waals surface area contributed by atoms with Gasteiger partial charge in [0, 0.05) is 36.8 Å². The number of nitrogens with zero attached hydrogens (tertiary/aromatic N) is 4. The van der Waals surface area contributed by atoms with Crippen molar-refractivity contribution in [3.8, 4) is 17.2 Å². The van der Waals surface area contributed by atoms with E-state index in [9.17, 15) is 13.2 Å². The molecule has 0 spiro atoms. The summed E-state index contributed by atoms with van der Waals surface area (Å²) in [5, 5.41) is 4.88. The van der Waals surface area contributed by atoms with Gasteiger partial charge in [-0.15, -0.1) is 0 Å². The summed E-state index contributed by atoms with van der Waals surface area (Å²) in [6.45, 7) is 1.40. The number of hydrogen-bond acceptors (Lipinski definition) is 7. The van der Waals surface area contributed by atoms with Crippen molar-refractivity contribution < 1.29 is 17.9 Å².